The number of alkyl halides is 2. The summed E-state index contributed by atoms with van der Waals surface area (Å²) in [4.78, 5) is 12.1. The highest BCUT2D eigenvalue weighted by Crippen LogP contribution is 2.19. The van der Waals surface area contributed by atoms with Gasteiger partial charge in [-0.2, -0.15) is 8.78 Å². The Morgan fingerprint density at radius 3 is 2.52 bits per heavy atom. The van der Waals surface area contributed by atoms with E-state index >= 15 is 0 Å². The summed E-state index contributed by atoms with van der Waals surface area (Å²) in [6.07, 6.45) is 3.91. The summed E-state index contributed by atoms with van der Waals surface area (Å²) in [5.41, 5.74) is 0.355. The number of carbonyl (C=O) groups excluding carboxylic acids is 1. The highest BCUT2D eigenvalue weighted by molar-refractivity contribution is 5.94. The maximum atomic E-state index is 12.1. The van der Waals surface area contributed by atoms with Gasteiger partial charge in [0.05, 0.1) is 12.1 Å². The summed E-state index contributed by atoms with van der Waals surface area (Å²) in [5, 5.41) is 12.8. The normalized spacial score (nSPS) is 22.7. The van der Waals surface area contributed by atoms with Crippen LogP contribution in [0.4, 0.5) is 8.78 Å². The Balaban J connectivity index is 1.96. The average Bonchev–Trinajstić information content (AvgIpc) is 2.64. The summed E-state index contributed by atoms with van der Waals surface area (Å²) >= 11 is 0. The number of nitrogens with one attached hydrogen (secondary N) is 1. The predicted molar refractivity (Wildman–Crippen MR) is 73.4 cm³/mol. The zero-order chi connectivity index (χ0) is 15.2. The molecule has 1 aromatic carbocycles. The van der Waals surface area contributed by atoms with Crippen molar-refractivity contribution in [2.45, 2.75) is 50.9 Å². The van der Waals surface area contributed by atoms with E-state index in [9.17, 15) is 18.7 Å². The standard InChI is InChI=1S/C15H19F2NO3/c16-15(17)21-11-8-6-10(7-9-11)14(20)18-12-4-2-1-3-5-13(12)19/h6-9,12-13,15,19H,1-5H2,(H,18,20). The SMILES string of the molecule is O=C(NC1CCCCCC1O)c1ccc(OC(F)F)cc1. The van der Waals surface area contributed by atoms with Crippen LogP contribution in [0.3, 0.4) is 0 Å². The van der Waals surface area contributed by atoms with Crippen LogP contribution in [0.15, 0.2) is 24.3 Å². The Morgan fingerprint density at radius 2 is 1.86 bits per heavy atom. The van der Waals surface area contributed by atoms with Crippen molar-refractivity contribution in [3.63, 3.8) is 0 Å². The molecule has 2 atom stereocenters. The molecule has 0 bridgehead atoms. The molecular weight excluding hydrogens is 280 g/mol. The van der Waals surface area contributed by atoms with Crippen molar-refractivity contribution in [1.29, 1.82) is 0 Å². The first-order valence-electron chi connectivity index (χ1n) is 7.10. The molecule has 0 saturated heterocycles. The van der Waals surface area contributed by atoms with Crippen molar-refractivity contribution >= 4 is 5.91 Å². The smallest absolute Gasteiger partial charge is 0.387 e. The first-order valence-corrected chi connectivity index (χ1v) is 7.10. The average molecular weight is 299 g/mol. The van der Waals surface area contributed by atoms with Gasteiger partial charge in [0.15, 0.2) is 0 Å². The van der Waals surface area contributed by atoms with E-state index in [4.69, 9.17) is 0 Å². The van der Waals surface area contributed by atoms with Gasteiger partial charge in [-0.1, -0.05) is 19.3 Å². The van der Waals surface area contributed by atoms with Crippen LogP contribution >= 0.6 is 0 Å². The molecule has 0 aromatic heterocycles. The molecule has 2 N–H and O–H groups in total. The first kappa shape index (κ1) is 15.7. The molecule has 21 heavy (non-hydrogen) atoms. The largest absolute Gasteiger partial charge is 0.435 e. The molecule has 6 heteroatoms. The maximum Gasteiger partial charge on any atom is 0.387 e. The minimum absolute atomic E-state index is 0.0102. The number of rotatable bonds is 4. The minimum Gasteiger partial charge on any atom is -0.435 e. The Labute approximate surface area is 122 Å². The summed E-state index contributed by atoms with van der Waals surface area (Å²) < 4.78 is 28.3. The molecule has 2 unspecified atom stereocenters. The third-order valence-electron chi connectivity index (χ3n) is 3.64. The number of amides is 1. The van der Waals surface area contributed by atoms with Crippen molar-refractivity contribution in [3.8, 4) is 5.75 Å². The number of halogens is 2. The van der Waals surface area contributed by atoms with Crippen LogP contribution in [0, 0.1) is 0 Å². The van der Waals surface area contributed by atoms with E-state index in [2.05, 4.69) is 10.1 Å². The highest BCUT2D eigenvalue weighted by Gasteiger charge is 2.23. The van der Waals surface area contributed by atoms with Crippen molar-refractivity contribution in [3.05, 3.63) is 29.8 Å². The van der Waals surface area contributed by atoms with Crippen LogP contribution in [0.2, 0.25) is 0 Å². The quantitative estimate of drug-likeness (QED) is 0.840. The van der Waals surface area contributed by atoms with E-state index < -0.39 is 12.7 Å². The Bertz CT molecular complexity index is 464. The van der Waals surface area contributed by atoms with Gasteiger partial charge < -0.3 is 15.2 Å². The fraction of sp³-hybridized carbons (Fsp3) is 0.533. The number of aliphatic hydroxyl groups is 1. The monoisotopic (exact) mass is 299 g/mol. The van der Waals surface area contributed by atoms with Gasteiger partial charge in [-0.05, 0) is 37.1 Å². The lowest BCUT2D eigenvalue weighted by Gasteiger charge is -2.21. The van der Waals surface area contributed by atoms with Gasteiger partial charge in [-0.25, -0.2) is 0 Å². The zero-order valence-corrected chi connectivity index (χ0v) is 11.6. The van der Waals surface area contributed by atoms with Gasteiger partial charge in [-0.15, -0.1) is 0 Å². The molecule has 1 fully saturated rings. The molecule has 2 rings (SSSR count). The molecule has 1 amide bonds. The third-order valence-corrected chi connectivity index (χ3v) is 3.64. The number of hydrogen-bond acceptors (Lipinski definition) is 3. The second-order valence-electron chi connectivity index (χ2n) is 5.19. The molecule has 1 saturated carbocycles. The number of benzene rings is 1. The van der Waals surface area contributed by atoms with E-state index in [1.54, 1.807) is 0 Å². The van der Waals surface area contributed by atoms with E-state index in [1.165, 1.54) is 24.3 Å². The second kappa shape index (κ2) is 7.36. The lowest BCUT2D eigenvalue weighted by Crippen LogP contribution is -2.42. The van der Waals surface area contributed by atoms with Gasteiger partial charge in [0.1, 0.15) is 5.75 Å². The number of ether oxygens (including phenoxy) is 1. The van der Waals surface area contributed by atoms with Crippen molar-refractivity contribution < 1.29 is 23.4 Å². The molecule has 0 aliphatic heterocycles. The fourth-order valence-electron chi connectivity index (χ4n) is 2.50. The van der Waals surface area contributed by atoms with E-state index in [0.29, 0.717) is 12.0 Å². The second-order valence-corrected chi connectivity index (χ2v) is 5.19. The Hall–Kier alpha value is -1.69. The zero-order valence-electron chi connectivity index (χ0n) is 11.6. The molecule has 0 radical (unpaired) electrons. The van der Waals surface area contributed by atoms with Crippen molar-refractivity contribution in [2.24, 2.45) is 0 Å². The van der Waals surface area contributed by atoms with Gasteiger partial charge in [0, 0.05) is 5.56 Å². The summed E-state index contributed by atoms with van der Waals surface area (Å²) in [5.74, 6) is -0.305. The molecule has 0 heterocycles. The lowest BCUT2D eigenvalue weighted by molar-refractivity contribution is -0.0498. The number of aliphatic hydroxyl groups excluding tert-OH is 1. The third kappa shape index (κ3) is 4.67. The maximum absolute atomic E-state index is 12.1. The number of carbonyl (C=O) groups is 1. The Kier molecular flexibility index (Phi) is 5.50. The van der Waals surface area contributed by atoms with Crippen LogP contribution in [-0.2, 0) is 0 Å². The molecule has 1 aliphatic carbocycles. The van der Waals surface area contributed by atoms with Gasteiger partial charge in [0.2, 0.25) is 0 Å². The topological polar surface area (TPSA) is 58.6 Å². The molecule has 116 valence electrons. The predicted octanol–water partition coefficient (Wildman–Crippen LogP) is 2.71. The van der Waals surface area contributed by atoms with Gasteiger partial charge in [-0.3, -0.25) is 4.79 Å². The Morgan fingerprint density at radius 1 is 1.19 bits per heavy atom. The van der Waals surface area contributed by atoms with Gasteiger partial charge >= 0.3 is 6.61 Å². The number of hydrogen-bond donors (Lipinski definition) is 2. The van der Waals surface area contributed by atoms with E-state index in [0.717, 1.165) is 25.7 Å². The lowest BCUT2D eigenvalue weighted by atomic mass is 10.1. The molecule has 1 aromatic rings. The van der Waals surface area contributed by atoms with E-state index in [1.807, 2.05) is 0 Å². The van der Waals surface area contributed by atoms with Crippen LogP contribution in [0.5, 0.6) is 5.75 Å². The van der Waals surface area contributed by atoms with Crippen LogP contribution in [0.25, 0.3) is 0 Å². The van der Waals surface area contributed by atoms with Gasteiger partial charge in [0.25, 0.3) is 5.91 Å². The molecule has 4 nitrogen and oxygen atoms in total. The van der Waals surface area contributed by atoms with Crippen LogP contribution in [-0.4, -0.2) is 29.8 Å². The first-order chi connectivity index (χ1) is 10.1. The molecule has 0 spiro atoms. The highest BCUT2D eigenvalue weighted by atomic mass is 19.3. The fourth-order valence-corrected chi connectivity index (χ4v) is 2.50. The minimum atomic E-state index is -2.88. The van der Waals surface area contributed by atoms with Crippen LogP contribution in [0.1, 0.15) is 42.5 Å². The molecular formula is C15H19F2NO3. The molecule has 1 aliphatic rings. The van der Waals surface area contributed by atoms with Crippen molar-refractivity contribution in [2.75, 3.05) is 0 Å². The van der Waals surface area contributed by atoms with Crippen LogP contribution < -0.4 is 10.1 Å². The summed E-state index contributed by atoms with van der Waals surface area (Å²) in [6.45, 7) is -2.88. The summed E-state index contributed by atoms with van der Waals surface area (Å²) in [6, 6.07) is 5.25. The van der Waals surface area contributed by atoms with Crippen molar-refractivity contribution in [1.82, 2.24) is 5.32 Å². The van der Waals surface area contributed by atoms with E-state index in [-0.39, 0.29) is 17.7 Å². The summed E-state index contributed by atoms with van der Waals surface area (Å²) in [7, 11) is 0.